The number of hydrogen-bond acceptors (Lipinski definition) is 3. The Hall–Kier alpha value is -3.41. The van der Waals surface area contributed by atoms with Crippen molar-refractivity contribution in [1.82, 2.24) is 5.32 Å². The lowest BCUT2D eigenvalue weighted by Crippen LogP contribution is -2.35. The molecule has 0 aliphatic heterocycles. The molecule has 2 aromatic carbocycles. The minimum Gasteiger partial charge on any atom is -0.481 e. The van der Waals surface area contributed by atoms with E-state index in [1.54, 1.807) is 12.1 Å². The van der Waals surface area contributed by atoms with Gasteiger partial charge in [0, 0.05) is 30.1 Å². The van der Waals surface area contributed by atoms with Crippen LogP contribution in [0.1, 0.15) is 101 Å². The summed E-state index contributed by atoms with van der Waals surface area (Å²) in [4.78, 5) is 36.3. The Morgan fingerprint density at radius 1 is 0.763 bits per heavy atom. The van der Waals surface area contributed by atoms with Crippen LogP contribution in [0, 0.1) is 0 Å². The molecule has 3 rings (SSSR count). The number of nitrogens with one attached hydrogen (secondary N) is 2. The van der Waals surface area contributed by atoms with E-state index in [-0.39, 0.29) is 30.7 Å². The van der Waals surface area contributed by atoms with Crippen LogP contribution in [0.5, 0.6) is 0 Å². The van der Waals surface area contributed by atoms with Gasteiger partial charge in [-0.3, -0.25) is 14.4 Å². The van der Waals surface area contributed by atoms with E-state index < -0.39 is 5.97 Å². The van der Waals surface area contributed by atoms with Crippen molar-refractivity contribution >= 4 is 35.1 Å². The van der Waals surface area contributed by atoms with E-state index in [4.69, 9.17) is 5.11 Å². The van der Waals surface area contributed by atoms with E-state index in [0.717, 1.165) is 36.8 Å². The molecular weight excluding hydrogens is 476 g/mol. The minimum absolute atomic E-state index is 0.0255. The van der Waals surface area contributed by atoms with E-state index in [1.165, 1.54) is 44.9 Å². The first kappa shape index (κ1) is 29.2. The van der Waals surface area contributed by atoms with Crippen LogP contribution in [0.15, 0.2) is 54.6 Å². The van der Waals surface area contributed by atoms with Gasteiger partial charge in [0.25, 0.3) is 5.91 Å². The average Bonchev–Trinajstić information content (AvgIpc) is 2.90. The standard InChI is InChI=1S/C32H42N2O4/c35-30(18-13-19-31(36)37)33-28-22-20-25(21-23-28)24-29(26-14-9-8-10-15-26)32(38)34-27-16-11-6-4-2-1-3-5-7-12-17-27/h8-10,14-15,20-24,27H,1-7,11-13,16-19H2,(H,33,35)(H,34,38)(H,36,37)/b29-24+. The zero-order valence-electron chi connectivity index (χ0n) is 22.4. The van der Waals surface area contributed by atoms with E-state index >= 15 is 0 Å². The van der Waals surface area contributed by atoms with Crippen LogP contribution in [0.3, 0.4) is 0 Å². The molecule has 1 aliphatic carbocycles. The summed E-state index contributed by atoms with van der Waals surface area (Å²) in [5.41, 5.74) is 3.00. The van der Waals surface area contributed by atoms with Crippen molar-refractivity contribution in [2.75, 3.05) is 5.32 Å². The lowest BCUT2D eigenvalue weighted by Gasteiger charge is -2.21. The summed E-state index contributed by atoms with van der Waals surface area (Å²) in [6.07, 6.45) is 15.7. The molecule has 1 aliphatic rings. The molecule has 2 amide bonds. The predicted octanol–water partition coefficient (Wildman–Crippen LogP) is 7.21. The Morgan fingerprint density at radius 3 is 1.92 bits per heavy atom. The van der Waals surface area contributed by atoms with Gasteiger partial charge in [0.05, 0.1) is 0 Å². The summed E-state index contributed by atoms with van der Waals surface area (Å²) in [5, 5.41) is 14.9. The molecule has 0 unspecified atom stereocenters. The first-order chi connectivity index (χ1) is 18.5. The molecule has 1 saturated carbocycles. The summed E-state index contributed by atoms with van der Waals surface area (Å²) in [6, 6.07) is 17.3. The van der Waals surface area contributed by atoms with Gasteiger partial charge < -0.3 is 15.7 Å². The monoisotopic (exact) mass is 518 g/mol. The van der Waals surface area contributed by atoms with Gasteiger partial charge in [0.2, 0.25) is 5.91 Å². The van der Waals surface area contributed by atoms with Gasteiger partial charge >= 0.3 is 5.97 Å². The van der Waals surface area contributed by atoms with Crippen molar-refractivity contribution in [2.24, 2.45) is 0 Å². The van der Waals surface area contributed by atoms with E-state index in [9.17, 15) is 14.4 Å². The van der Waals surface area contributed by atoms with Crippen LogP contribution in [-0.4, -0.2) is 28.9 Å². The maximum Gasteiger partial charge on any atom is 0.303 e. The van der Waals surface area contributed by atoms with Gasteiger partial charge in [-0.25, -0.2) is 0 Å². The average molecular weight is 519 g/mol. The highest BCUT2D eigenvalue weighted by molar-refractivity contribution is 6.24. The second-order valence-electron chi connectivity index (χ2n) is 10.3. The van der Waals surface area contributed by atoms with Crippen LogP contribution in [0.25, 0.3) is 11.6 Å². The normalized spacial score (nSPS) is 16.1. The number of amides is 2. The second kappa shape index (κ2) is 16.4. The summed E-state index contributed by atoms with van der Waals surface area (Å²) in [6.45, 7) is 0. The number of hydrogen-bond donors (Lipinski definition) is 3. The van der Waals surface area contributed by atoms with E-state index in [0.29, 0.717) is 17.7 Å². The van der Waals surface area contributed by atoms with Gasteiger partial charge in [-0.1, -0.05) is 100 Å². The Bertz CT molecular complexity index is 1030. The molecule has 204 valence electrons. The van der Waals surface area contributed by atoms with Crippen molar-refractivity contribution in [2.45, 2.75) is 95.9 Å². The molecule has 1 fully saturated rings. The summed E-state index contributed by atoms with van der Waals surface area (Å²) in [5.74, 6) is -1.17. The molecule has 0 saturated heterocycles. The Labute approximate surface area is 226 Å². The zero-order valence-corrected chi connectivity index (χ0v) is 22.4. The number of rotatable bonds is 9. The number of carboxylic acid groups (broad SMARTS) is 1. The first-order valence-corrected chi connectivity index (χ1v) is 14.2. The van der Waals surface area contributed by atoms with Gasteiger partial charge in [0.15, 0.2) is 0 Å². The largest absolute Gasteiger partial charge is 0.481 e. The Morgan fingerprint density at radius 2 is 1.34 bits per heavy atom. The third kappa shape index (κ3) is 10.9. The number of benzene rings is 2. The molecule has 0 atom stereocenters. The fourth-order valence-corrected chi connectivity index (χ4v) is 4.92. The lowest BCUT2D eigenvalue weighted by atomic mass is 9.96. The molecule has 0 aromatic heterocycles. The van der Waals surface area contributed by atoms with E-state index in [1.807, 2.05) is 48.5 Å². The summed E-state index contributed by atoms with van der Waals surface area (Å²) in [7, 11) is 0. The molecule has 0 heterocycles. The number of carboxylic acids is 1. The SMILES string of the molecule is O=C(O)CCCC(=O)Nc1ccc(/C=C(/C(=O)NC2CCCCCCCCCCC2)c2ccccc2)cc1. The summed E-state index contributed by atoms with van der Waals surface area (Å²) < 4.78 is 0. The molecule has 0 spiro atoms. The molecule has 0 bridgehead atoms. The van der Waals surface area contributed by atoms with Crippen LogP contribution in [-0.2, 0) is 14.4 Å². The third-order valence-corrected chi connectivity index (χ3v) is 7.07. The molecule has 38 heavy (non-hydrogen) atoms. The minimum atomic E-state index is -0.904. The fraction of sp³-hybridized carbons (Fsp3) is 0.469. The highest BCUT2D eigenvalue weighted by Gasteiger charge is 2.17. The van der Waals surface area contributed by atoms with Crippen LogP contribution >= 0.6 is 0 Å². The molecule has 2 aromatic rings. The van der Waals surface area contributed by atoms with Gasteiger partial charge in [-0.2, -0.15) is 0 Å². The highest BCUT2D eigenvalue weighted by atomic mass is 16.4. The van der Waals surface area contributed by atoms with Crippen molar-refractivity contribution in [3.63, 3.8) is 0 Å². The summed E-state index contributed by atoms with van der Waals surface area (Å²) >= 11 is 0. The molecule has 6 nitrogen and oxygen atoms in total. The smallest absolute Gasteiger partial charge is 0.303 e. The number of carbonyl (C=O) groups excluding carboxylic acids is 2. The Kier molecular flexibility index (Phi) is 12.6. The molecular formula is C32H42N2O4. The van der Waals surface area contributed by atoms with Gasteiger partial charge in [-0.05, 0) is 48.6 Å². The topological polar surface area (TPSA) is 95.5 Å². The van der Waals surface area contributed by atoms with Gasteiger partial charge in [-0.15, -0.1) is 0 Å². The second-order valence-corrected chi connectivity index (χ2v) is 10.3. The maximum absolute atomic E-state index is 13.6. The van der Waals surface area contributed by atoms with Crippen molar-refractivity contribution in [3.8, 4) is 0 Å². The van der Waals surface area contributed by atoms with Gasteiger partial charge in [0.1, 0.15) is 0 Å². The molecule has 0 radical (unpaired) electrons. The van der Waals surface area contributed by atoms with E-state index in [2.05, 4.69) is 10.6 Å². The van der Waals surface area contributed by atoms with Crippen LogP contribution < -0.4 is 10.6 Å². The maximum atomic E-state index is 13.6. The van der Waals surface area contributed by atoms with Crippen molar-refractivity contribution in [3.05, 3.63) is 65.7 Å². The number of anilines is 1. The quantitative estimate of drug-likeness (QED) is 0.241. The molecule has 6 heteroatoms. The lowest BCUT2D eigenvalue weighted by molar-refractivity contribution is -0.137. The zero-order chi connectivity index (χ0) is 27.0. The highest BCUT2D eigenvalue weighted by Crippen LogP contribution is 2.22. The first-order valence-electron chi connectivity index (χ1n) is 14.2. The van der Waals surface area contributed by atoms with Crippen LogP contribution in [0.2, 0.25) is 0 Å². The fourth-order valence-electron chi connectivity index (χ4n) is 4.92. The van der Waals surface area contributed by atoms with Crippen LogP contribution in [0.4, 0.5) is 5.69 Å². The predicted molar refractivity (Wildman–Crippen MR) is 154 cm³/mol. The molecule has 3 N–H and O–H groups in total. The Balaban J connectivity index is 1.69. The van der Waals surface area contributed by atoms with Crippen molar-refractivity contribution < 1.29 is 19.5 Å². The van der Waals surface area contributed by atoms with Crippen molar-refractivity contribution in [1.29, 1.82) is 0 Å². The third-order valence-electron chi connectivity index (χ3n) is 7.07. The number of carbonyl (C=O) groups is 3. The number of aliphatic carboxylic acids is 1.